The Bertz CT molecular complexity index is 63.7. The minimum Gasteiger partial charge on any atom is -0.327 e. The van der Waals surface area contributed by atoms with Gasteiger partial charge in [-0.2, -0.15) is 0 Å². The van der Waals surface area contributed by atoms with Gasteiger partial charge in [-0.15, -0.1) is 0 Å². The molecule has 1 aliphatic heterocycles. The molecule has 0 amide bonds. The molecule has 0 aromatic carbocycles. The lowest BCUT2D eigenvalue weighted by Crippen LogP contribution is -2.43. The summed E-state index contributed by atoms with van der Waals surface area (Å²) < 4.78 is 0. The zero-order valence-electron chi connectivity index (χ0n) is 7.35. The van der Waals surface area contributed by atoms with Crippen LogP contribution in [0.5, 0.6) is 0 Å². The second-order valence-electron chi connectivity index (χ2n) is 2.63. The molecule has 10 heavy (non-hydrogen) atoms. The molecule has 1 fully saturated rings. The highest BCUT2D eigenvalue weighted by Crippen LogP contribution is 2.06. The Labute approximate surface area is 64.2 Å². The fourth-order valence-electron chi connectivity index (χ4n) is 1.03. The molecule has 1 rings (SSSR count). The molecule has 1 heterocycles. The van der Waals surface area contributed by atoms with Crippen LogP contribution in [0.1, 0.15) is 27.2 Å². The van der Waals surface area contributed by atoms with Crippen molar-refractivity contribution in [2.75, 3.05) is 13.1 Å². The third kappa shape index (κ3) is 3.18. The molecule has 2 heteroatoms. The van der Waals surface area contributed by atoms with Gasteiger partial charge in [-0.05, 0) is 25.4 Å². The molecule has 3 N–H and O–H groups in total. The van der Waals surface area contributed by atoms with E-state index in [0.29, 0.717) is 12.0 Å². The Morgan fingerprint density at radius 2 is 2.00 bits per heavy atom. The van der Waals surface area contributed by atoms with Crippen molar-refractivity contribution < 1.29 is 0 Å². The molecule has 2 unspecified atom stereocenters. The van der Waals surface area contributed by atoms with Gasteiger partial charge < -0.3 is 11.1 Å². The quantitative estimate of drug-likeness (QED) is 0.531. The van der Waals surface area contributed by atoms with Crippen molar-refractivity contribution in [3.05, 3.63) is 0 Å². The van der Waals surface area contributed by atoms with Crippen LogP contribution < -0.4 is 11.1 Å². The van der Waals surface area contributed by atoms with Gasteiger partial charge in [0.15, 0.2) is 0 Å². The summed E-state index contributed by atoms with van der Waals surface area (Å²) in [5, 5.41) is 3.28. The zero-order valence-corrected chi connectivity index (χ0v) is 7.35. The highest BCUT2D eigenvalue weighted by molar-refractivity contribution is 4.76. The Balaban J connectivity index is 0.000000371. The van der Waals surface area contributed by atoms with E-state index in [9.17, 15) is 0 Å². The van der Waals surface area contributed by atoms with Gasteiger partial charge in [-0.1, -0.05) is 20.8 Å². The highest BCUT2D eigenvalue weighted by Gasteiger charge is 2.15. The van der Waals surface area contributed by atoms with Gasteiger partial charge in [-0.3, -0.25) is 0 Å². The number of rotatable bonds is 0. The van der Waals surface area contributed by atoms with Crippen molar-refractivity contribution in [3.8, 4) is 0 Å². The van der Waals surface area contributed by atoms with Gasteiger partial charge in [0, 0.05) is 6.04 Å². The summed E-state index contributed by atoms with van der Waals surface area (Å²) in [6.07, 6.45) is 1.14. The molecule has 0 spiro atoms. The lowest BCUT2D eigenvalue weighted by molar-refractivity contribution is 0.349. The van der Waals surface area contributed by atoms with E-state index in [1.807, 2.05) is 13.8 Å². The lowest BCUT2D eigenvalue weighted by Gasteiger charge is -2.25. The van der Waals surface area contributed by atoms with Crippen molar-refractivity contribution in [1.82, 2.24) is 5.32 Å². The summed E-state index contributed by atoms with van der Waals surface area (Å²) in [5.74, 6) is 0.670. The normalized spacial score (nSPS) is 32.4. The van der Waals surface area contributed by atoms with E-state index in [2.05, 4.69) is 12.2 Å². The summed E-state index contributed by atoms with van der Waals surface area (Å²) in [6.45, 7) is 8.39. The minimum atomic E-state index is 0.441. The number of hydrogen-bond acceptors (Lipinski definition) is 2. The van der Waals surface area contributed by atoms with Gasteiger partial charge in [0.05, 0.1) is 0 Å². The monoisotopic (exact) mass is 144 g/mol. The molecule has 0 saturated carbocycles. The van der Waals surface area contributed by atoms with Gasteiger partial charge >= 0.3 is 0 Å². The SMILES string of the molecule is CC.CC1CNCCC1N. The van der Waals surface area contributed by atoms with E-state index in [4.69, 9.17) is 5.73 Å². The second kappa shape index (κ2) is 5.69. The van der Waals surface area contributed by atoms with Crippen LogP contribution in [0.4, 0.5) is 0 Å². The van der Waals surface area contributed by atoms with Gasteiger partial charge in [-0.25, -0.2) is 0 Å². The van der Waals surface area contributed by atoms with Crippen LogP contribution in [0.3, 0.4) is 0 Å². The standard InChI is InChI=1S/C6H14N2.C2H6/c1-5-4-8-3-2-6(5)7;1-2/h5-6,8H,2-4,7H2,1H3;1-2H3. The van der Waals surface area contributed by atoms with Gasteiger partial charge in [0.2, 0.25) is 0 Å². The molecule has 1 aliphatic rings. The summed E-state index contributed by atoms with van der Waals surface area (Å²) in [7, 11) is 0. The maximum atomic E-state index is 5.74. The molecular formula is C8H20N2. The first-order valence-electron chi connectivity index (χ1n) is 4.27. The summed E-state index contributed by atoms with van der Waals surface area (Å²) >= 11 is 0. The van der Waals surface area contributed by atoms with E-state index in [1.165, 1.54) is 0 Å². The third-order valence-corrected chi connectivity index (χ3v) is 1.85. The van der Waals surface area contributed by atoms with Gasteiger partial charge in [0.25, 0.3) is 0 Å². The fraction of sp³-hybridized carbons (Fsp3) is 1.00. The Hall–Kier alpha value is -0.0800. The topological polar surface area (TPSA) is 38.0 Å². The number of nitrogens with two attached hydrogens (primary N) is 1. The fourth-order valence-corrected chi connectivity index (χ4v) is 1.03. The predicted molar refractivity (Wildman–Crippen MR) is 46.0 cm³/mol. The van der Waals surface area contributed by atoms with Crippen LogP contribution in [-0.2, 0) is 0 Å². The van der Waals surface area contributed by atoms with Gasteiger partial charge in [0.1, 0.15) is 0 Å². The van der Waals surface area contributed by atoms with Crippen molar-refractivity contribution in [2.24, 2.45) is 11.7 Å². The van der Waals surface area contributed by atoms with Crippen molar-refractivity contribution >= 4 is 0 Å². The van der Waals surface area contributed by atoms with Crippen molar-refractivity contribution in [1.29, 1.82) is 0 Å². The number of nitrogens with one attached hydrogen (secondary N) is 1. The van der Waals surface area contributed by atoms with Crippen molar-refractivity contribution in [2.45, 2.75) is 33.2 Å². The Kier molecular flexibility index (Phi) is 5.64. The first-order valence-corrected chi connectivity index (χ1v) is 4.27. The zero-order chi connectivity index (χ0) is 7.98. The molecule has 2 atom stereocenters. The number of hydrogen-bond donors (Lipinski definition) is 2. The smallest absolute Gasteiger partial charge is 0.00887 e. The highest BCUT2D eigenvalue weighted by atomic mass is 14.9. The van der Waals surface area contributed by atoms with E-state index in [1.54, 1.807) is 0 Å². The van der Waals surface area contributed by atoms with Crippen LogP contribution in [0.25, 0.3) is 0 Å². The first-order chi connectivity index (χ1) is 4.80. The molecule has 1 saturated heterocycles. The van der Waals surface area contributed by atoms with E-state index in [-0.39, 0.29) is 0 Å². The van der Waals surface area contributed by atoms with Crippen LogP contribution in [0, 0.1) is 5.92 Å². The minimum absolute atomic E-state index is 0.441. The van der Waals surface area contributed by atoms with E-state index < -0.39 is 0 Å². The summed E-state index contributed by atoms with van der Waals surface area (Å²) in [6, 6.07) is 0.441. The molecule has 0 aromatic heterocycles. The maximum absolute atomic E-state index is 5.74. The molecular weight excluding hydrogens is 124 g/mol. The molecule has 62 valence electrons. The average Bonchev–Trinajstić information content (AvgIpc) is 2.00. The largest absolute Gasteiger partial charge is 0.327 e. The number of piperidine rings is 1. The molecule has 0 radical (unpaired) electrons. The Morgan fingerprint density at radius 3 is 2.30 bits per heavy atom. The average molecular weight is 144 g/mol. The maximum Gasteiger partial charge on any atom is 0.00887 e. The third-order valence-electron chi connectivity index (χ3n) is 1.85. The molecule has 0 aliphatic carbocycles. The molecule has 0 aromatic rings. The van der Waals surface area contributed by atoms with Crippen molar-refractivity contribution in [3.63, 3.8) is 0 Å². The second-order valence-corrected chi connectivity index (χ2v) is 2.63. The first kappa shape index (κ1) is 9.92. The van der Waals surface area contributed by atoms with Crippen LogP contribution in [-0.4, -0.2) is 19.1 Å². The Morgan fingerprint density at radius 1 is 1.40 bits per heavy atom. The predicted octanol–water partition coefficient (Wildman–Crippen LogP) is 0.969. The van der Waals surface area contributed by atoms with E-state index in [0.717, 1.165) is 19.5 Å². The van der Waals surface area contributed by atoms with Crippen LogP contribution >= 0.6 is 0 Å². The van der Waals surface area contributed by atoms with Crippen LogP contribution in [0.2, 0.25) is 0 Å². The molecule has 2 nitrogen and oxygen atoms in total. The molecule has 0 bridgehead atoms. The summed E-state index contributed by atoms with van der Waals surface area (Å²) in [5.41, 5.74) is 5.74. The summed E-state index contributed by atoms with van der Waals surface area (Å²) in [4.78, 5) is 0. The van der Waals surface area contributed by atoms with E-state index >= 15 is 0 Å². The van der Waals surface area contributed by atoms with Crippen LogP contribution in [0.15, 0.2) is 0 Å². The lowest BCUT2D eigenvalue weighted by atomic mass is 9.97.